The van der Waals surface area contributed by atoms with Crippen LogP contribution in [0, 0.1) is 20.8 Å². The highest BCUT2D eigenvalue weighted by Gasteiger charge is 2.39. The lowest BCUT2D eigenvalue weighted by Gasteiger charge is -2.41. The normalized spacial score (nSPS) is 17.5. The van der Waals surface area contributed by atoms with Crippen LogP contribution in [0.25, 0.3) is 0 Å². The number of aromatic nitrogens is 2. The Balaban J connectivity index is 1.59. The molecule has 0 amide bonds. The van der Waals surface area contributed by atoms with Gasteiger partial charge in [-0.2, -0.15) is 0 Å². The van der Waals surface area contributed by atoms with Crippen molar-refractivity contribution in [1.29, 1.82) is 0 Å². The molecule has 0 radical (unpaired) electrons. The second-order valence-corrected chi connectivity index (χ2v) is 8.34. The number of piperidine rings is 1. The lowest BCUT2D eigenvalue weighted by Crippen LogP contribution is -2.43. The minimum Gasteiger partial charge on any atom is -0.361 e. The molecule has 0 atom stereocenters. The maximum atomic E-state index is 5.33. The van der Waals surface area contributed by atoms with Crippen LogP contribution < -0.4 is 0 Å². The molecule has 1 aliphatic rings. The van der Waals surface area contributed by atoms with Gasteiger partial charge in [0.1, 0.15) is 5.76 Å². The van der Waals surface area contributed by atoms with E-state index in [2.05, 4.69) is 52.7 Å². The quantitative estimate of drug-likeness (QED) is 0.674. The van der Waals surface area contributed by atoms with Gasteiger partial charge in [-0.25, -0.2) is 4.98 Å². The van der Waals surface area contributed by atoms with Gasteiger partial charge in [-0.3, -0.25) is 4.90 Å². The van der Waals surface area contributed by atoms with Gasteiger partial charge in [-0.1, -0.05) is 35.5 Å². The summed E-state index contributed by atoms with van der Waals surface area (Å²) in [5.74, 6) is 0.942. The molecule has 1 fully saturated rings. The average Bonchev–Trinajstić information content (AvgIpc) is 3.24. The molecule has 136 valence electrons. The van der Waals surface area contributed by atoms with E-state index < -0.39 is 0 Å². The summed E-state index contributed by atoms with van der Waals surface area (Å²) in [4.78, 5) is 7.41. The van der Waals surface area contributed by atoms with Gasteiger partial charge in [0.15, 0.2) is 0 Å². The zero-order chi connectivity index (χ0) is 18.1. The molecule has 2 aromatic heterocycles. The molecule has 0 aliphatic carbocycles. The van der Waals surface area contributed by atoms with Gasteiger partial charge in [0, 0.05) is 22.9 Å². The predicted octanol–water partition coefficient (Wildman–Crippen LogP) is 4.64. The average molecular weight is 368 g/mol. The highest BCUT2D eigenvalue weighted by molar-refractivity contribution is 7.09. The van der Waals surface area contributed by atoms with E-state index in [0.29, 0.717) is 0 Å². The van der Waals surface area contributed by atoms with Crippen LogP contribution in [0.2, 0.25) is 0 Å². The zero-order valence-corrected chi connectivity index (χ0v) is 16.5. The SMILES string of the molecule is Cc1nc(C2(c3ccccc3)CCN(Cc3c(C)noc3C)CC2)cs1. The Hall–Kier alpha value is -1.98. The number of hydrogen-bond donors (Lipinski definition) is 0. The molecule has 5 heteroatoms. The fraction of sp³-hybridized carbons (Fsp3) is 0.429. The lowest BCUT2D eigenvalue weighted by molar-refractivity contribution is 0.169. The van der Waals surface area contributed by atoms with E-state index in [9.17, 15) is 0 Å². The highest BCUT2D eigenvalue weighted by Crippen LogP contribution is 2.42. The van der Waals surface area contributed by atoms with E-state index in [4.69, 9.17) is 9.51 Å². The minimum atomic E-state index is 0.0290. The van der Waals surface area contributed by atoms with E-state index in [1.165, 1.54) is 16.8 Å². The van der Waals surface area contributed by atoms with E-state index >= 15 is 0 Å². The van der Waals surface area contributed by atoms with Crippen LogP contribution in [0.5, 0.6) is 0 Å². The summed E-state index contributed by atoms with van der Waals surface area (Å²) < 4.78 is 5.33. The third-order valence-electron chi connectivity index (χ3n) is 5.71. The van der Waals surface area contributed by atoms with Gasteiger partial charge in [0.05, 0.1) is 16.4 Å². The standard InChI is InChI=1S/C21H25N3OS/c1-15-19(16(2)25-23-15)13-24-11-9-21(10-12-24,18-7-5-4-6-8-18)20-14-26-17(3)22-20/h4-8,14H,9-13H2,1-3H3. The molecule has 0 N–H and O–H groups in total. The molecule has 4 nitrogen and oxygen atoms in total. The van der Waals surface area contributed by atoms with Crippen molar-refractivity contribution < 1.29 is 4.52 Å². The molecule has 3 aromatic rings. The third kappa shape index (κ3) is 3.10. The first kappa shape index (κ1) is 17.4. The van der Waals surface area contributed by atoms with E-state index in [0.717, 1.165) is 48.9 Å². The number of rotatable bonds is 4. The molecule has 26 heavy (non-hydrogen) atoms. The van der Waals surface area contributed by atoms with Gasteiger partial charge in [-0.05, 0) is 52.3 Å². The van der Waals surface area contributed by atoms with Crippen LogP contribution >= 0.6 is 11.3 Å². The van der Waals surface area contributed by atoms with E-state index in [1.54, 1.807) is 11.3 Å². The number of nitrogens with zero attached hydrogens (tertiary/aromatic N) is 3. The molecule has 0 saturated carbocycles. The monoisotopic (exact) mass is 367 g/mol. The Kier molecular flexibility index (Phi) is 4.67. The Labute approximate surface area is 158 Å². The highest BCUT2D eigenvalue weighted by atomic mass is 32.1. The van der Waals surface area contributed by atoms with Crippen molar-refractivity contribution in [3.8, 4) is 0 Å². The topological polar surface area (TPSA) is 42.2 Å². The minimum absolute atomic E-state index is 0.0290. The van der Waals surface area contributed by atoms with Gasteiger partial charge < -0.3 is 4.52 Å². The summed E-state index contributed by atoms with van der Waals surface area (Å²) in [5.41, 5.74) is 4.91. The van der Waals surface area contributed by atoms with Crippen LogP contribution in [0.1, 0.15) is 46.1 Å². The molecule has 4 rings (SSSR count). The number of aryl methyl sites for hydroxylation is 3. The van der Waals surface area contributed by atoms with Crippen molar-refractivity contribution in [2.45, 2.75) is 45.6 Å². The molecule has 1 aromatic carbocycles. The van der Waals surface area contributed by atoms with Crippen LogP contribution in [0.3, 0.4) is 0 Å². The largest absolute Gasteiger partial charge is 0.361 e. The maximum Gasteiger partial charge on any atom is 0.138 e. The second-order valence-electron chi connectivity index (χ2n) is 7.28. The fourth-order valence-corrected chi connectivity index (χ4v) is 4.79. The smallest absolute Gasteiger partial charge is 0.138 e. The molecule has 3 heterocycles. The number of hydrogen-bond acceptors (Lipinski definition) is 5. The predicted molar refractivity (Wildman–Crippen MR) is 105 cm³/mol. The van der Waals surface area contributed by atoms with Crippen molar-refractivity contribution in [1.82, 2.24) is 15.0 Å². The van der Waals surface area contributed by atoms with Gasteiger partial charge in [0.25, 0.3) is 0 Å². The summed E-state index contributed by atoms with van der Waals surface area (Å²) in [6, 6.07) is 10.9. The van der Waals surface area contributed by atoms with E-state index in [-0.39, 0.29) is 5.41 Å². The van der Waals surface area contributed by atoms with Crippen LogP contribution in [0.4, 0.5) is 0 Å². The maximum absolute atomic E-state index is 5.33. The Morgan fingerprint density at radius 3 is 2.42 bits per heavy atom. The summed E-state index contributed by atoms with van der Waals surface area (Å²) in [6.45, 7) is 9.15. The van der Waals surface area contributed by atoms with Crippen molar-refractivity contribution >= 4 is 11.3 Å². The Morgan fingerprint density at radius 2 is 1.85 bits per heavy atom. The summed E-state index contributed by atoms with van der Waals surface area (Å²) >= 11 is 1.75. The van der Waals surface area contributed by atoms with Crippen molar-refractivity contribution in [2.75, 3.05) is 13.1 Å². The summed E-state index contributed by atoms with van der Waals surface area (Å²) in [6.07, 6.45) is 2.17. The molecule has 1 saturated heterocycles. The van der Waals surface area contributed by atoms with Crippen molar-refractivity contribution in [3.05, 3.63) is 69.0 Å². The zero-order valence-electron chi connectivity index (χ0n) is 15.7. The van der Waals surface area contributed by atoms with E-state index in [1.807, 2.05) is 13.8 Å². The van der Waals surface area contributed by atoms with Crippen molar-refractivity contribution in [2.24, 2.45) is 0 Å². The Morgan fingerprint density at radius 1 is 1.12 bits per heavy atom. The third-order valence-corrected chi connectivity index (χ3v) is 6.48. The summed E-state index contributed by atoms with van der Waals surface area (Å²) in [5, 5.41) is 7.50. The number of benzene rings is 1. The molecule has 0 unspecified atom stereocenters. The first-order chi connectivity index (χ1) is 12.6. The summed E-state index contributed by atoms with van der Waals surface area (Å²) in [7, 11) is 0. The first-order valence-corrected chi connectivity index (χ1v) is 10.1. The number of likely N-dealkylation sites (tertiary alicyclic amines) is 1. The molecule has 1 aliphatic heterocycles. The Bertz CT molecular complexity index is 856. The molecule has 0 bridgehead atoms. The van der Waals surface area contributed by atoms with Crippen LogP contribution in [-0.4, -0.2) is 28.1 Å². The lowest BCUT2D eigenvalue weighted by atomic mass is 9.70. The molecular formula is C21H25N3OS. The second kappa shape index (κ2) is 6.97. The van der Waals surface area contributed by atoms with Gasteiger partial charge >= 0.3 is 0 Å². The van der Waals surface area contributed by atoms with Crippen molar-refractivity contribution in [3.63, 3.8) is 0 Å². The fourth-order valence-electron chi connectivity index (χ4n) is 4.08. The number of thiazole rings is 1. The van der Waals surface area contributed by atoms with Crippen LogP contribution in [-0.2, 0) is 12.0 Å². The van der Waals surface area contributed by atoms with Gasteiger partial charge in [-0.15, -0.1) is 11.3 Å². The first-order valence-electron chi connectivity index (χ1n) is 9.21. The molecule has 0 spiro atoms. The van der Waals surface area contributed by atoms with Gasteiger partial charge in [0.2, 0.25) is 0 Å². The van der Waals surface area contributed by atoms with Crippen LogP contribution in [0.15, 0.2) is 40.2 Å². The molecular weight excluding hydrogens is 342 g/mol.